The minimum absolute atomic E-state index is 0.193. The van der Waals surface area contributed by atoms with E-state index in [0.717, 1.165) is 10.9 Å². The van der Waals surface area contributed by atoms with Crippen LogP contribution in [0.1, 0.15) is 25.8 Å². The predicted octanol–water partition coefficient (Wildman–Crippen LogP) is 5.64. The summed E-state index contributed by atoms with van der Waals surface area (Å²) in [5.74, 6) is 1.18. The number of alkyl halides is 2. The van der Waals surface area contributed by atoms with Gasteiger partial charge in [-0.15, -0.1) is 23.2 Å². The maximum absolute atomic E-state index is 13.8. The maximum atomic E-state index is 13.8. The Balaban J connectivity index is 2.98. The molecule has 1 aromatic carbocycles. The third kappa shape index (κ3) is 4.40. The van der Waals surface area contributed by atoms with Gasteiger partial charge >= 0.3 is 0 Å². The number of hydrogen-bond donors (Lipinski definition) is 0. The Hall–Kier alpha value is 0.210. The molecule has 0 N–H and O–H groups in total. The van der Waals surface area contributed by atoms with E-state index in [0.29, 0.717) is 29.7 Å². The van der Waals surface area contributed by atoms with Gasteiger partial charge in [-0.05, 0) is 42.5 Å². The lowest BCUT2D eigenvalue weighted by Gasteiger charge is -2.31. The Labute approximate surface area is 127 Å². The van der Waals surface area contributed by atoms with Crippen molar-refractivity contribution in [2.45, 2.75) is 26.7 Å². The topological polar surface area (TPSA) is 0 Å². The number of halogens is 4. The largest absolute Gasteiger partial charge is 0.207 e. The van der Waals surface area contributed by atoms with Gasteiger partial charge in [-0.3, -0.25) is 0 Å². The smallest absolute Gasteiger partial charge is 0.126 e. The molecule has 0 aliphatic heterocycles. The first-order chi connectivity index (χ1) is 8.42. The fourth-order valence-corrected chi connectivity index (χ4v) is 3.36. The van der Waals surface area contributed by atoms with Crippen molar-refractivity contribution in [3.63, 3.8) is 0 Å². The molecule has 0 heterocycles. The first kappa shape index (κ1) is 16.3. The fraction of sp³-hybridized carbons (Fsp3) is 0.571. The van der Waals surface area contributed by atoms with Crippen LogP contribution in [0.4, 0.5) is 4.39 Å². The molecule has 0 radical (unpaired) electrons. The third-order valence-electron chi connectivity index (χ3n) is 2.98. The van der Waals surface area contributed by atoms with E-state index in [4.69, 9.17) is 23.2 Å². The van der Waals surface area contributed by atoms with E-state index < -0.39 is 0 Å². The van der Waals surface area contributed by atoms with Crippen LogP contribution in [0.5, 0.6) is 0 Å². The van der Waals surface area contributed by atoms with Crippen LogP contribution in [-0.2, 0) is 6.42 Å². The van der Waals surface area contributed by atoms with Gasteiger partial charge in [0, 0.05) is 21.6 Å². The molecule has 0 aliphatic rings. The van der Waals surface area contributed by atoms with Crippen molar-refractivity contribution >= 4 is 39.1 Å². The summed E-state index contributed by atoms with van der Waals surface area (Å²) in [7, 11) is 0. The van der Waals surface area contributed by atoms with Crippen LogP contribution in [-0.4, -0.2) is 11.8 Å². The van der Waals surface area contributed by atoms with Gasteiger partial charge in [-0.1, -0.05) is 29.8 Å². The van der Waals surface area contributed by atoms with Crippen LogP contribution in [0.15, 0.2) is 22.7 Å². The van der Waals surface area contributed by atoms with Gasteiger partial charge in [0.1, 0.15) is 5.82 Å². The SMILES string of the molecule is CC(C)CC(CCl)(CCl)Cc1cc(Br)ccc1F. The minimum Gasteiger partial charge on any atom is -0.207 e. The monoisotopic (exact) mass is 354 g/mol. The average molecular weight is 356 g/mol. The molecule has 18 heavy (non-hydrogen) atoms. The number of hydrogen-bond acceptors (Lipinski definition) is 0. The molecule has 0 unspecified atom stereocenters. The van der Waals surface area contributed by atoms with Crippen LogP contribution in [0.3, 0.4) is 0 Å². The van der Waals surface area contributed by atoms with Crippen LogP contribution in [0.2, 0.25) is 0 Å². The summed E-state index contributed by atoms with van der Waals surface area (Å²) in [6, 6.07) is 4.98. The van der Waals surface area contributed by atoms with Crippen LogP contribution in [0, 0.1) is 17.2 Å². The summed E-state index contributed by atoms with van der Waals surface area (Å²) in [5.41, 5.74) is 0.435. The second-order valence-corrected chi connectivity index (χ2v) is 6.73. The normalized spacial score (nSPS) is 12.2. The Morgan fingerprint density at radius 3 is 2.39 bits per heavy atom. The number of benzene rings is 1. The first-order valence-corrected chi connectivity index (χ1v) is 7.84. The second-order valence-electron chi connectivity index (χ2n) is 5.28. The zero-order valence-corrected chi connectivity index (χ0v) is 13.7. The summed E-state index contributed by atoms with van der Waals surface area (Å²) in [6.07, 6.45) is 1.47. The summed E-state index contributed by atoms with van der Waals surface area (Å²) < 4.78 is 14.7. The van der Waals surface area contributed by atoms with Crippen molar-refractivity contribution in [2.24, 2.45) is 11.3 Å². The lowest BCUT2D eigenvalue weighted by Crippen LogP contribution is -2.30. The molecule has 102 valence electrons. The van der Waals surface area contributed by atoms with Crippen LogP contribution in [0.25, 0.3) is 0 Å². The Kier molecular flexibility index (Phi) is 6.43. The molecular formula is C14H18BrCl2F. The summed E-state index contributed by atoms with van der Waals surface area (Å²) >= 11 is 15.5. The third-order valence-corrected chi connectivity index (χ3v) is 4.61. The van der Waals surface area contributed by atoms with Gasteiger partial charge < -0.3 is 0 Å². The minimum atomic E-state index is -0.237. The first-order valence-electron chi connectivity index (χ1n) is 5.98. The van der Waals surface area contributed by atoms with Crippen molar-refractivity contribution in [3.05, 3.63) is 34.1 Å². The average Bonchev–Trinajstić information content (AvgIpc) is 2.32. The zero-order valence-electron chi connectivity index (χ0n) is 10.6. The van der Waals surface area contributed by atoms with Crippen molar-refractivity contribution in [1.82, 2.24) is 0 Å². The highest BCUT2D eigenvalue weighted by Gasteiger charge is 2.30. The summed E-state index contributed by atoms with van der Waals surface area (Å²) in [6.45, 7) is 4.26. The van der Waals surface area contributed by atoms with Crippen molar-refractivity contribution in [3.8, 4) is 0 Å². The molecule has 0 fully saturated rings. The molecule has 0 amide bonds. The molecule has 0 bridgehead atoms. The quantitative estimate of drug-likeness (QED) is 0.579. The van der Waals surface area contributed by atoms with E-state index in [-0.39, 0.29) is 11.2 Å². The van der Waals surface area contributed by atoms with E-state index in [2.05, 4.69) is 29.8 Å². The molecule has 0 atom stereocenters. The standard InChI is InChI=1S/C14H18BrCl2F/c1-10(2)6-14(8-16,9-17)7-11-5-12(15)3-4-13(11)18/h3-5,10H,6-9H2,1-2H3. The predicted molar refractivity (Wildman–Crippen MR) is 81.1 cm³/mol. The molecule has 4 heteroatoms. The van der Waals surface area contributed by atoms with Gasteiger partial charge in [0.25, 0.3) is 0 Å². The fourth-order valence-electron chi connectivity index (χ4n) is 2.26. The van der Waals surface area contributed by atoms with Gasteiger partial charge in [0.15, 0.2) is 0 Å². The van der Waals surface area contributed by atoms with Crippen LogP contribution >= 0.6 is 39.1 Å². The van der Waals surface area contributed by atoms with E-state index in [9.17, 15) is 4.39 Å². The molecule has 0 aliphatic carbocycles. The van der Waals surface area contributed by atoms with Crippen molar-refractivity contribution in [2.75, 3.05) is 11.8 Å². The Morgan fingerprint density at radius 1 is 1.28 bits per heavy atom. The molecule has 0 saturated carbocycles. The molecule has 0 saturated heterocycles. The van der Waals surface area contributed by atoms with Gasteiger partial charge in [0.05, 0.1) is 0 Å². The molecule has 0 spiro atoms. The van der Waals surface area contributed by atoms with Gasteiger partial charge in [-0.2, -0.15) is 0 Å². The van der Waals surface area contributed by atoms with Gasteiger partial charge in [0.2, 0.25) is 0 Å². The molecular weight excluding hydrogens is 338 g/mol. The summed E-state index contributed by atoms with van der Waals surface area (Å²) in [4.78, 5) is 0. The Morgan fingerprint density at radius 2 is 1.89 bits per heavy atom. The molecule has 0 aromatic heterocycles. The van der Waals surface area contributed by atoms with E-state index in [1.807, 2.05) is 6.07 Å². The molecule has 1 aromatic rings. The summed E-state index contributed by atoms with van der Waals surface area (Å²) in [5, 5.41) is 0. The van der Waals surface area contributed by atoms with E-state index >= 15 is 0 Å². The second kappa shape index (κ2) is 7.12. The number of rotatable bonds is 6. The molecule has 1 rings (SSSR count). The van der Waals surface area contributed by atoms with Gasteiger partial charge in [-0.25, -0.2) is 4.39 Å². The lowest BCUT2D eigenvalue weighted by molar-refractivity contribution is 0.292. The van der Waals surface area contributed by atoms with E-state index in [1.165, 1.54) is 6.07 Å². The maximum Gasteiger partial charge on any atom is 0.126 e. The van der Waals surface area contributed by atoms with Crippen molar-refractivity contribution in [1.29, 1.82) is 0 Å². The Bertz CT molecular complexity index is 389. The zero-order chi connectivity index (χ0) is 13.8. The van der Waals surface area contributed by atoms with Crippen molar-refractivity contribution < 1.29 is 4.39 Å². The van der Waals surface area contributed by atoms with E-state index in [1.54, 1.807) is 6.07 Å². The lowest BCUT2D eigenvalue weighted by atomic mass is 9.78. The highest BCUT2D eigenvalue weighted by Crippen LogP contribution is 2.35. The molecule has 0 nitrogen and oxygen atoms in total. The highest BCUT2D eigenvalue weighted by atomic mass is 79.9. The van der Waals surface area contributed by atoms with Crippen LogP contribution < -0.4 is 0 Å². The highest BCUT2D eigenvalue weighted by molar-refractivity contribution is 9.10.